The molecule has 0 fully saturated rings. The summed E-state index contributed by atoms with van der Waals surface area (Å²) >= 11 is 2.64. The van der Waals surface area contributed by atoms with E-state index in [0.29, 0.717) is 11.3 Å². The molecule has 2 N–H and O–H groups in total. The highest BCUT2D eigenvalue weighted by Gasteiger charge is 2.13. The summed E-state index contributed by atoms with van der Waals surface area (Å²) in [4.78, 5) is 3.97. The summed E-state index contributed by atoms with van der Waals surface area (Å²) in [7, 11) is -1.64. The van der Waals surface area contributed by atoms with Crippen LogP contribution in [0.5, 0.6) is 0 Å². The van der Waals surface area contributed by atoms with Crippen LogP contribution in [0.15, 0.2) is 28.9 Å². The average Bonchev–Trinajstić information content (AvgIpc) is 2.80. The van der Waals surface area contributed by atoms with Crippen LogP contribution in [0.2, 0.25) is 0 Å². The molecule has 8 heteroatoms. The van der Waals surface area contributed by atoms with Gasteiger partial charge in [0.15, 0.2) is 4.34 Å². The molecule has 0 radical (unpaired) electrons. The molecular weight excluding hydrogens is 262 g/mol. The third-order valence-corrected chi connectivity index (χ3v) is 3.91. The van der Waals surface area contributed by atoms with Crippen molar-refractivity contribution in [2.45, 2.75) is 10.1 Å². The third-order valence-electron chi connectivity index (χ3n) is 2.07. The van der Waals surface area contributed by atoms with Crippen LogP contribution >= 0.6 is 23.3 Å². The molecular formula is C9H8BFN2O2S2. The molecule has 2 aromatic rings. The van der Waals surface area contributed by atoms with Crippen LogP contribution in [0.4, 0.5) is 4.39 Å². The standard InChI is InChI=1S/C9H8BFN2O2S2/c11-8-3-7(10(14)15)2-1-6(8)4-16-9-12-5-13-17-9/h1-3,5,14-15H,4H2. The summed E-state index contributed by atoms with van der Waals surface area (Å²) in [5.74, 6) is -0.0179. The Morgan fingerprint density at radius 1 is 1.41 bits per heavy atom. The van der Waals surface area contributed by atoms with E-state index >= 15 is 0 Å². The molecule has 0 amide bonds. The summed E-state index contributed by atoms with van der Waals surface area (Å²) < 4.78 is 18.2. The highest BCUT2D eigenvalue weighted by atomic mass is 32.2. The predicted octanol–water partition coefficient (Wildman–Crippen LogP) is 0.649. The molecule has 0 aliphatic heterocycles. The Labute approximate surface area is 106 Å². The maximum absolute atomic E-state index is 13.6. The van der Waals surface area contributed by atoms with Gasteiger partial charge in [0.1, 0.15) is 12.1 Å². The third kappa shape index (κ3) is 3.26. The van der Waals surface area contributed by atoms with E-state index in [9.17, 15) is 4.39 Å². The Hall–Kier alpha value is -0.955. The van der Waals surface area contributed by atoms with Crippen LogP contribution in [0.3, 0.4) is 0 Å². The van der Waals surface area contributed by atoms with Gasteiger partial charge in [-0.1, -0.05) is 23.9 Å². The van der Waals surface area contributed by atoms with Gasteiger partial charge in [0, 0.05) is 5.75 Å². The van der Waals surface area contributed by atoms with Gasteiger partial charge < -0.3 is 10.0 Å². The summed E-state index contributed by atoms with van der Waals surface area (Å²) in [5.41, 5.74) is 0.641. The van der Waals surface area contributed by atoms with Crippen molar-refractivity contribution in [1.29, 1.82) is 0 Å². The van der Waals surface area contributed by atoms with Crippen LogP contribution in [0, 0.1) is 5.82 Å². The topological polar surface area (TPSA) is 66.2 Å². The highest BCUT2D eigenvalue weighted by Crippen LogP contribution is 2.23. The van der Waals surface area contributed by atoms with Crippen molar-refractivity contribution >= 4 is 35.9 Å². The molecule has 0 bridgehead atoms. The lowest BCUT2D eigenvalue weighted by molar-refractivity contribution is 0.425. The number of thioether (sulfide) groups is 1. The summed E-state index contributed by atoms with van der Waals surface area (Å²) in [5, 5.41) is 17.8. The second kappa shape index (κ2) is 5.59. The molecule has 0 saturated heterocycles. The zero-order chi connectivity index (χ0) is 12.3. The van der Waals surface area contributed by atoms with Crippen LogP contribution in [0.1, 0.15) is 5.56 Å². The van der Waals surface area contributed by atoms with E-state index in [1.165, 1.54) is 41.8 Å². The minimum absolute atomic E-state index is 0.146. The first-order valence-electron chi connectivity index (χ1n) is 4.71. The van der Waals surface area contributed by atoms with Gasteiger partial charge in [-0.05, 0) is 28.6 Å². The number of nitrogens with zero attached hydrogens (tertiary/aromatic N) is 2. The van der Waals surface area contributed by atoms with Crippen molar-refractivity contribution in [3.05, 3.63) is 35.9 Å². The molecule has 88 valence electrons. The van der Waals surface area contributed by atoms with Crippen LogP contribution < -0.4 is 5.46 Å². The predicted molar refractivity (Wildman–Crippen MR) is 65.7 cm³/mol. The molecule has 0 atom stereocenters. The van der Waals surface area contributed by atoms with Gasteiger partial charge in [0.05, 0.1) is 0 Å². The first kappa shape index (κ1) is 12.5. The van der Waals surface area contributed by atoms with Crippen molar-refractivity contribution in [3.63, 3.8) is 0 Å². The molecule has 1 aromatic heterocycles. The first-order valence-corrected chi connectivity index (χ1v) is 6.46. The minimum atomic E-state index is -1.64. The number of halogens is 1. The second-order valence-electron chi connectivity index (χ2n) is 3.22. The molecule has 0 aliphatic carbocycles. The van der Waals surface area contributed by atoms with Crippen molar-refractivity contribution in [1.82, 2.24) is 9.36 Å². The number of aromatic nitrogens is 2. The highest BCUT2D eigenvalue weighted by molar-refractivity contribution is 8.00. The van der Waals surface area contributed by atoms with Gasteiger partial charge in [-0.25, -0.2) is 9.37 Å². The molecule has 17 heavy (non-hydrogen) atoms. The zero-order valence-corrected chi connectivity index (χ0v) is 10.2. The van der Waals surface area contributed by atoms with E-state index in [1.54, 1.807) is 0 Å². The van der Waals surface area contributed by atoms with E-state index in [2.05, 4.69) is 9.36 Å². The van der Waals surface area contributed by atoms with Gasteiger partial charge in [0.2, 0.25) is 0 Å². The molecule has 4 nitrogen and oxygen atoms in total. The maximum atomic E-state index is 13.6. The van der Waals surface area contributed by atoms with E-state index in [1.807, 2.05) is 0 Å². The fourth-order valence-electron chi connectivity index (χ4n) is 1.21. The van der Waals surface area contributed by atoms with Crippen molar-refractivity contribution in [3.8, 4) is 0 Å². The van der Waals surface area contributed by atoms with E-state index < -0.39 is 12.9 Å². The largest absolute Gasteiger partial charge is 0.488 e. The van der Waals surface area contributed by atoms with E-state index in [0.717, 1.165) is 10.4 Å². The lowest BCUT2D eigenvalue weighted by atomic mass is 9.80. The SMILES string of the molecule is OB(O)c1ccc(CSc2ncns2)c(F)c1. The summed E-state index contributed by atoms with van der Waals surface area (Å²) in [6.07, 6.45) is 1.45. The van der Waals surface area contributed by atoms with Gasteiger partial charge in [0.25, 0.3) is 0 Å². The Morgan fingerprint density at radius 2 is 2.24 bits per heavy atom. The zero-order valence-electron chi connectivity index (χ0n) is 8.58. The number of benzene rings is 1. The van der Waals surface area contributed by atoms with Gasteiger partial charge in [-0.15, -0.1) is 0 Å². The van der Waals surface area contributed by atoms with E-state index in [-0.39, 0.29) is 5.46 Å². The van der Waals surface area contributed by atoms with Gasteiger partial charge in [-0.3, -0.25) is 0 Å². The van der Waals surface area contributed by atoms with Gasteiger partial charge >= 0.3 is 7.12 Å². The Balaban J connectivity index is 2.06. The fraction of sp³-hybridized carbons (Fsp3) is 0.111. The van der Waals surface area contributed by atoms with Crippen LogP contribution in [-0.4, -0.2) is 26.5 Å². The van der Waals surface area contributed by atoms with Crippen molar-refractivity contribution in [2.24, 2.45) is 0 Å². The molecule has 0 spiro atoms. The van der Waals surface area contributed by atoms with E-state index in [4.69, 9.17) is 10.0 Å². The molecule has 2 rings (SSSR count). The lowest BCUT2D eigenvalue weighted by Gasteiger charge is -2.04. The lowest BCUT2D eigenvalue weighted by Crippen LogP contribution is -2.30. The monoisotopic (exact) mass is 270 g/mol. The normalized spacial score (nSPS) is 10.5. The van der Waals surface area contributed by atoms with Crippen LogP contribution in [-0.2, 0) is 5.75 Å². The second-order valence-corrected chi connectivity index (χ2v) is 5.22. The Bertz CT molecular complexity index is 496. The minimum Gasteiger partial charge on any atom is -0.423 e. The number of hydrogen-bond donors (Lipinski definition) is 2. The fourth-order valence-corrected chi connectivity index (χ4v) is 2.64. The number of rotatable bonds is 4. The molecule has 1 heterocycles. The van der Waals surface area contributed by atoms with Crippen molar-refractivity contribution < 1.29 is 14.4 Å². The van der Waals surface area contributed by atoms with Crippen molar-refractivity contribution in [2.75, 3.05) is 0 Å². The smallest absolute Gasteiger partial charge is 0.423 e. The Morgan fingerprint density at radius 3 is 2.82 bits per heavy atom. The first-order chi connectivity index (χ1) is 8.16. The van der Waals surface area contributed by atoms with Crippen LogP contribution in [0.25, 0.3) is 0 Å². The average molecular weight is 270 g/mol. The molecule has 0 saturated carbocycles. The maximum Gasteiger partial charge on any atom is 0.488 e. The Kier molecular flexibility index (Phi) is 4.11. The summed E-state index contributed by atoms with van der Waals surface area (Å²) in [6, 6.07) is 4.16. The molecule has 1 aromatic carbocycles. The molecule has 0 aliphatic rings. The summed E-state index contributed by atoms with van der Waals surface area (Å²) in [6.45, 7) is 0. The quantitative estimate of drug-likeness (QED) is 0.630. The molecule has 0 unspecified atom stereocenters. The number of hydrogen-bond acceptors (Lipinski definition) is 6. The van der Waals surface area contributed by atoms with Gasteiger partial charge in [-0.2, -0.15) is 4.37 Å².